The van der Waals surface area contributed by atoms with E-state index >= 15 is 0 Å². The van der Waals surface area contributed by atoms with Crippen LogP contribution in [0.2, 0.25) is 0 Å². The second kappa shape index (κ2) is 12.9. The van der Waals surface area contributed by atoms with Crippen LogP contribution in [0.5, 0.6) is 0 Å². The van der Waals surface area contributed by atoms with Gasteiger partial charge in [0, 0.05) is 38.4 Å². The van der Waals surface area contributed by atoms with E-state index < -0.39 is 47.9 Å². The number of nitrogens with zero attached hydrogens (tertiary/aromatic N) is 3. The number of morpholine rings is 1. The molecule has 4 rings (SSSR count). The van der Waals surface area contributed by atoms with E-state index in [1.54, 1.807) is 6.07 Å². The zero-order chi connectivity index (χ0) is 29.7. The van der Waals surface area contributed by atoms with Crippen LogP contribution in [0.3, 0.4) is 0 Å². The SMILES string of the molecule is Cc1cc(C(=O)N2C[C@@H]3CNC(=O)[C@@H](C)NC(=O)CN(C)C(=O)[C@@H](Cc4ccccc4)NC(=O)[C@@H](C2)O3)cnc1C. The van der Waals surface area contributed by atoms with E-state index in [0.717, 1.165) is 16.8 Å². The van der Waals surface area contributed by atoms with Crippen molar-refractivity contribution in [1.29, 1.82) is 0 Å². The molecule has 2 aliphatic heterocycles. The van der Waals surface area contributed by atoms with Crippen LogP contribution in [-0.2, 0) is 30.3 Å². The van der Waals surface area contributed by atoms with Gasteiger partial charge in [-0.25, -0.2) is 0 Å². The van der Waals surface area contributed by atoms with Crippen LogP contribution in [-0.4, -0.2) is 102 Å². The molecule has 3 N–H and O–H groups in total. The minimum absolute atomic E-state index is 0.00402. The van der Waals surface area contributed by atoms with E-state index in [9.17, 15) is 24.0 Å². The molecule has 218 valence electrons. The number of nitrogens with one attached hydrogen (secondary N) is 3. The van der Waals surface area contributed by atoms with Crippen molar-refractivity contribution in [3.8, 4) is 0 Å². The Morgan fingerprint density at radius 1 is 1.05 bits per heavy atom. The third kappa shape index (κ3) is 7.46. The standard InChI is InChI=1S/C29H36N6O6/c1-17-10-21(12-30-18(17)2)28(39)35-14-22-13-31-26(37)19(3)32-25(36)16-34(4)29(40)23(11-20-8-6-5-7-9-20)33-27(38)24(15-35)41-22/h5-10,12,19,22-24H,11,13-16H2,1-4H3,(H,31,37)(H,32,36)(H,33,38)/t19-,22+,23-,24-/m1/s1. The third-order valence-electron chi connectivity index (χ3n) is 7.26. The number of carbonyl (C=O) groups is 5. The molecule has 2 aliphatic rings. The van der Waals surface area contributed by atoms with Crippen LogP contribution in [0, 0.1) is 13.8 Å². The average molecular weight is 565 g/mol. The Bertz CT molecular complexity index is 1320. The molecule has 2 saturated heterocycles. The van der Waals surface area contributed by atoms with Gasteiger partial charge in [-0.15, -0.1) is 0 Å². The number of hydrogen-bond donors (Lipinski definition) is 3. The maximum atomic E-state index is 13.6. The lowest BCUT2D eigenvalue weighted by Gasteiger charge is -2.38. The monoisotopic (exact) mass is 564 g/mol. The van der Waals surface area contributed by atoms with Gasteiger partial charge in [0.1, 0.15) is 12.1 Å². The molecule has 1 aromatic carbocycles. The normalized spacial score (nSPS) is 24.5. The quantitative estimate of drug-likeness (QED) is 0.465. The lowest BCUT2D eigenvalue weighted by atomic mass is 10.0. The third-order valence-corrected chi connectivity index (χ3v) is 7.26. The van der Waals surface area contributed by atoms with Crippen LogP contribution < -0.4 is 16.0 Å². The molecule has 2 aromatic rings. The summed E-state index contributed by atoms with van der Waals surface area (Å²) in [6, 6.07) is 9.05. The molecule has 0 unspecified atom stereocenters. The highest BCUT2D eigenvalue weighted by molar-refractivity contribution is 5.96. The Morgan fingerprint density at radius 3 is 2.49 bits per heavy atom. The number of aryl methyl sites for hydroxylation is 2. The van der Waals surface area contributed by atoms with Crippen molar-refractivity contribution in [3.63, 3.8) is 0 Å². The van der Waals surface area contributed by atoms with Crippen LogP contribution in [0.15, 0.2) is 42.6 Å². The highest BCUT2D eigenvalue weighted by atomic mass is 16.5. The zero-order valence-corrected chi connectivity index (χ0v) is 23.7. The summed E-state index contributed by atoms with van der Waals surface area (Å²) in [6.07, 6.45) is -0.143. The lowest BCUT2D eigenvalue weighted by Crippen LogP contribution is -2.59. The van der Waals surface area contributed by atoms with Gasteiger partial charge in [-0.2, -0.15) is 0 Å². The van der Waals surface area contributed by atoms with Crippen molar-refractivity contribution >= 4 is 29.5 Å². The smallest absolute Gasteiger partial charge is 0.255 e. The van der Waals surface area contributed by atoms with Gasteiger partial charge in [0.2, 0.25) is 17.7 Å². The molecule has 3 heterocycles. The summed E-state index contributed by atoms with van der Waals surface area (Å²) in [5.74, 6) is -2.36. The molecule has 0 radical (unpaired) electrons. The predicted molar refractivity (Wildman–Crippen MR) is 149 cm³/mol. The van der Waals surface area contributed by atoms with Crippen molar-refractivity contribution in [2.24, 2.45) is 0 Å². The number of aromatic nitrogens is 1. The molecular formula is C29H36N6O6. The van der Waals surface area contributed by atoms with E-state index in [2.05, 4.69) is 20.9 Å². The number of pyridine rings is 1. The molecule has 41 heavy (non-hydrogen) atoms. The summed E-state index contributed by atoms with van der Waals surface area (Å²) < 4.78 is 6.05. The van der Waals surface area contributed by atoms with Crippen LogP contribution in [0.25, 0.3) is 0 Å². The van der Waals surface area contributed by atoms with Crippen molar-refractivity contribution in [3.05, 3.63) is 65.0 Å². The van der Waals surface area contributed by atoms with Crippen LogP contribution in [0.4, 0.5) is 0 Å². The number of amides is 5. The summed E-state index contributed by atoms with van der Waals surface area (Å²) in [5.41, 5.74) is 2.85. The van der Waals surface area contributed by atoms with E-state index in [1.165, 1.54) is 30.0 Å². The molecule has 4 atom stereocenters. The number of likely N-dealkylation sites (N-methyl/N-ethyl adjacent to an activating group) is 1. The molecule has 12 nitrogen and oxygen atoms in total. The number of fused-ring (bicyclic) bond motifs is 2. The first-order chi connectivity index (χ1) is 19.5. The van der Waals surface area contributed by atoms with Gasteiger partial charge >= 0.3 is 0 Å². The Morgan fingerprint density at radius 2 is 1.78 bits per heavy atom. The number of ether oxygens (including phenoxy) is 1. The highest BCUT2D eigenvalue weighted by Gasteiger charge is 2.37. The summed E-state index contributed by atoms with van der Waals surface area (Å²) in [6.45, 7) is 5.01. The Kier molecular flexibility index (Phi) is 9.33. The molecule has 2 bridgehead atoms. The zero-order valence-electron chi connectivity index (χ0n) is 23.7. The van der Waals surface area contributed by atoms with Gasteiger partial charge in [-0.1, -0.05) is 30.3 Å². The second-order valence-electron chi connectivity index (χ2n) is 10.6. The Balaban J connectivity index is 1.63. The fourth-order valence-electron chi connectivity index (χ4n) is 4.80. The lowest BCUT2D eigenvalue weighted by molar-refractivity contribution is -0.148. The maximum Gasteiger partial charge on any atom is 0.255 e. The molecule has 12 heteroatoms. The summed E-state index contributed by atoms with van der Waals surface area (Å²) in [5, 5.41) is 8.12. The van der Waals surface area contributed by atoms with Gasteiger partial charge in [0.05, 0.1) is 24.8 Å². The minimum atomic E-state index is -1.10. The molecule has 0 spiro atoms. The van der Waals surface area contributed by atoms with Crippen LogP contribution in [0.1, 0.15) is 34.1 Å². The number of benzene rings is 1. The average Bonchev–Trinajstić information content (AvgIpc) is 2.95. The summed E-state index contributed by atoms with van der Waals surface area (Å²) >= 11 is 0. The topological polar surface area (TPSA) is 150 Å². The molecule has 2 fully saturated rings. The fourth-order valence-corrected chi connectivity index (χ4v) is 4.80. The summed E-state index contributed by atoms with van der Waals surface area (Å²) in [7, 11) is 1.46. The van der Waals surface area contributed by atoms with E-state index in [0.29, 0.717) is 5.56 Å². The number of carbonyl (C=O) groups excluding carboxylic acids is 5. The van der Waals surface area contributed by atoms with E-state index in [1.807, 2.05) is 44.2 Å². The molecule has 0 saturated carbocycles. The Hall–Kier alpha value is -4.32. The minimum Gasteiger partial charge on any atom is -0.360 e. The van der Waals surface area contributed by atoms with Gasteiger partial charge in [-0.3, -0.25) is 29.0 Å². The van der Waals surface area contributed by atoms with Crippen molar-refractivity contribution < 1.29 is 28.7 Å². The largest absolute Gasteiger partial charge is 0.360 e. The first kappa shape index (κ1) is 29.7. The van der Waals surface area contributed by atoms with Gasteiger partial charge in [-0.05, 0) is 38.0 Å². The van der Waals surface area contributed by atoms with E-state index in [4.69, 9.17) is 4.74 Å². The van der Waals surface area contributed by atoms with Crippen LogP contribution >= 0.6 is 0 Å². The molecule has 0 aliphatic carbocycles. The van der Waals surface area contributed by atoms with Crippen molar-refractivity contribution in [2.45, 2.75) is 51.5 Å². The van der Waals surface area contributed by atoms with Gasteiger partial charge in [0.25, 0.3) is 11.8 Å². The predicted octanol–water partition coefficient (Wildman–Crippen LogP) is -0.272. The molecule has 5 amide bonds. The van der Waals surface area contributed by atoms with Gasteiger partial charge in [0.15, 0.2) is 6.10 Å². The van der Waals surface area contributed by atoms with Crippen molar-refractivity contribution in [2.75, 3.05) is 33.2 Å². The fraction of sp³-hybridized carbons (Fsp3) is 0.448. The summed E-state index contributed by atoms with van der Waals surface area (Å²) in [4.78, 5) is 72.8. The van der Waals surface area contributed by atoms with E-state index in [-0.39, 0.29) is 38.5 Å². The first-order valence-corrected chi connectivity index (χ1v) is 13.6. The van der Waals surface area contributed by atoms with Gasteiger partial charge < -0.3 is 30.5 Å². The Labute approximate surface area is 238 Å². The van der Waals surface area contributed by atoms with Crippen molar-refractivity contribution in [1.82, 2.24) is 30.7 Å². The highest BCUT2D eigenvalue weighted by Crippen LogP contribution is 2.17. The number of rotatable bonds is 3. The molecular weight excluding hydrogens is 528 g/mol. The number of hydrogen-bond acceptors (Lipinski definition) is 7. The maximum absolute atomic E-state index is 13.6. The second-order valence-corrected chi connectivity index (χ2v) is 10.6. The molecule has 1 aromatic heterocycles. The first-order valence-electron chi connectivity index (χ1n) is 13.6.